The number of nitrogens with one attached hydrogen (secondary N) is 1. The number of methoxy groups -OCH3 is 1. The number of benzene rings is 2. The zero-order valence-electron chi connectivity index (χ0n) is 18.0. The first kappa shape index (κ1) is 22.3. The Bertz CT molecular complexity index is 1010. The highest BCUT2D eigenvalue weighted by Crippen LogP contribution is 2.22. The van der Waals surface area contributed by atoms with E-state index >= 15 is 0 Å². The lowest BCUT2D eigenvalue weighted by molar-refractivity contribution is -0.119. The number of carbonyl (C=O) groups excluding carboxylic acids is 1. The minimum absolute atomic E-state index is 0.0122. The summed E-state index contributed by atoms with van der Waals surface area (Å²) in [4.78, 5) is 14.8. The summed E-state index contributed by atoms with van der Waals surface area (Å²) in [6.45, 7) is 3.76. The van der Waals surface area contributed by atoms with Gasteiger partial charge in [-0.1, -0.05) is 48.2 Å². The highest BCUT2D eigenvalue weighted by atomic mass is 32.2. The van der Waals surface area contributed by atoms with Gasteiger partial charge in [0.2, 0.25) is 5.91 Å². The molecular weight excluding hydrogens is 426 g/mol. The van der Waals surface area contributed by atoms with Crippen molar-refractivity contribution in [1.82, 2.24) is 25.0 Å². The average molecular weight is 454 g/mol. The Balaban J connectivity index is 1.24. The second-order valence-electron chi connectivity index (χ2n) is 7.49. The van der Waals surface area contributed by atoms with Crippen LogP contribution in [-0.2, 0) is 16.1 Å². The molecule has 168 valence electrons. The minimum Gasteiger partial charge on any atom is -0.497 e. The van der Waals surface area contributed by atoms with Gasteiger partial charge in [0.05, 0.1) is 31.3 Å². The van der Waals surface area contributed by atoms with E-state index in [1.807, 2.05) is 34.9 Å². The highest BCUT2D eigenvalue weighted by Gasteiger charge is 2.21. The molecule has 1 fully saturated rings. The number of hydrogen-bond acceptors (Lipinski definition) is 7. The smallest absolute Gasteiger partial charge is 0.230 e. The molecule has 1 atom stereocenters. The number of rotatable bonds is 9. The fourth-order valence-corrected chi connectivity index (χ4v) is 4.32. The van der Waals surface area contributed by atoms with Crippen LogP contribution in [0.1, 0.15) is 5.56 Å². The van der Waals surface area contributed by atoms with Crippen LogP contribution in [-0.4, -0.2) is 70.8 Å². The van der Waals surface area contributed by atoms with Crippen LogP contribution in [0.25, 0.3) is 5.69 Å². The quantitative estimate of drug-likeness (QED) is 0.498. The first-order valence-corrected chi connectivity index (χ1v) is 11.5. The van der Waals surface area contributed by atoms with Crippen molar-refractivity contribution >= 4 is 17.7 Å². The normalized spacial score (nSPS) is 16.6. The van der Waals surface area contributed by atoms with E-state index in [2.05, 4.69) is 44.7 Å². The summed E-state index contributed by atoms with van der Waals surface area (Å²) in [6.07, 6.45) is 1.62. The summed E-state index contributed by atoms with van der Waals surface area (Å²) in [7, 11) is 1.63. The molecule has 0 bridgehead atoms. The monoisotopic (exact) mass is 453 g/mol. The zero-order valence-corrected chi connectivity index (χ0v) is 18.8. The fraction of sp³-hybridized carbons (Fsp3) is 0.348. The SMILES string of the molecule is COc1cccc(-n2cnnc2SCC(=O)NCC2CN(Cc3ccccc3)CCO2)c1. The van der Waals surface area contributed by atoms with Crippen LogP contribution in [0, 0.1) is 0 Å². The Morgan fingerprint density at radius 1 is 1.25 bits per heavy atom. The van der Waals surface area contributed by atoms with Crippen molar-refractivity contribution < 1.29 is 14.3 Å². The number of hydrogen-bond donors (Lipinski definition) is 1. The number of thioether (sulfide) groups is 1. The molecule has 1 unspecified atom stereocenters. The molecule has 4 rings (SSSR count). The zero-order chi connectivity index (χ0) is 22.2. The molecule has 32 heavy (non-hydrogen) atoms. The van der Waals surface area contributed by atoms with Crippen LogP contribution in [0.5, 0.6) is 5.75 Å². The van der Waals surface area contributed by atoms with Crippen molar-refractivity contribution in [3.63, 3.8) is 0 Å². The van der Waals surface area contributed by atoms with Crippen LogP contribution in [0.15, 0.2) is 66.1 Å². The molecule has 1 saturated heterocycles. The van der Waals surface area contributed by atoms with Gasteiger partial charge in [0.25, 0.3) is 0 Å². The number of morpholine rings is 1. The molecule has 9 heteroatoms. The first-order chi connectivity index (χ1) is 15.7. The van der Waals surface area contributed by atoms with E-state index in [9.17, 15) is 4.79 Å². The number of aromatic nitrogens is 3. The molecule has 1 amide bonds. The van der Waals surface area contributed by atoms with E-state index in [4.69, 9.17) is 9.47 Å². The molecule has 0 radical (unpaired) electrons. The van der Waals surface area contributed by atoms with E-state index in [0.29, 0.717) is 18.3 Å². The third-order valence-corrected chi connectivity index (χ3v) is 6.12. The number of carbonyl (C=O) groups is 1. The molecule has 2 aromatic carbocycles. The molecular formula is C23H27N5O3S. The van der Waals surface area contributed by atoms with Crippen LogP contribution < -0.4 is 10.1 Å². The van der Waals surface area contributed by atoms with Crippen molar-refractivity contribution in [2.75, 3.05) is 39.1 Å². The van der Waals surface area contributed by atoms with Gasteiger partial charge < -0.3 is 14.8 Å². The number of ether oxygens (including phenoxy) is 2. The Kier molecular flexibility index (Phi) is 7.76. The Labute approximate surface area is 191 Å². The lowest BCUT2D eigenvalue weighted by Crippen LogP contribution is -2.47. The molecule has 0 spiro atoms. The Hall–Kier alpha value is -2.88. The fourth-order valence-electron chi connectivity index (χ4n) is 3.56. The van der Waals surface area contributed by atoms with Crippen LogP contribution in [0.4, 0.5) is 0 Å². The summed E-state index contributed by atoms with van der Waals surface area (Å²) in [5, 5.41) is 11.8. The van der Waals surface area contributed by atoms with Gasteiger partial charge in [-0.05, 0) is 17.7 Å². The maximum absolute atomic E-state index is 12.4. The standard InChI is InChI=1S/C23H27N5O3S/c1-30-20-9-5-8-19(12-20)28-17-25-26-23(28)32-16-22(29)24-13-21-15-27(10-11-31-21)14-18-6-3-2-4-7-18/h2-9,12,17,21H,10-11,13-16H2,1H3,(H,24,29). The number of amides is 1. The van der Waals surface area contributed by atoms with Gasteiger partial charge in [-0.2, -0.15) is 0 Å². The molecule has 8 nitrogen and oxygen atoms in total. The predicted octanol–water partition coefficient (Wildman–Crippen LogP) is 2.39. The summed E-state index contributed by atoms with van der Waals surface area (Å²) >= 11 is 1.34. The Morgan fingerprint density at radius 3 is 2.97 bits per heavy atom. The van der Waals surface area contributed by atoms with Gasteiger partial charge in [-0.25, -0.2) is 0 Å². The Morgan fingerprint density at radius 2 is 2.12 bits per heavy atom. The molecule has 1 aliphatic rings. The van der Waals surface area contributed by atoms with Crippen molar-refractivity contribution in [2.24, 2.45) is 0 Å². The van der Waals surface area contributed by atoms with Gasteiger partial charge in [0.1, 0.15) is 12.1 Å². The summed E-state index contributed by atoms with van der Waals surface area (Å²) < 4.78 is 13.0. The molecule has 1 aliphatic heterocycles. The molecule has 1 aromatic heterocycles. The van der Waals surface area contributed by atoms with Gasteiger partial charge in [-0.3, -0.25) is 14.3 Å². The van der Waals surface area contributed by atoms with Crippen LogP contribution in [0.2, 0.25) is 0 Å². The van der Waals surface area contributed by atoms with E-state index in [1.54, 1.807) is 13.4 Å². The van der Waals surface area contributed by atoms with Crippen molar-refractivity contribution in [2.45, 2.75) is 17.8 Å². The van der Waals surface area contributed by atoms with Crippen molar-refractivity contribution in [3.8, 4) is 11.4 Å². The predicted molar refractivity (Wildman–Crippen MR) is 123 cm³/mol. The topological polar surface area (TPSA) is 81.5 Å². The first-order valence-electron chi connectivity index (χ1n) is 10.5. The van der Waals surface area contributed by atoms with E-state index in [0.717, 1.165) is 31.1 Å². The minimum atomic E-state index is -0.0565. The van der Waals surface area contributed by atoms with Gasteiger partial charge in [-0.15, -0.1) is 10.2 Å². The summed E-state index contributed by atoms with van der Waals surface area (Å²) in [5.41, 5.74) is 2.17. The van der Waals surface area contributed by atoms with Crippen molar-refractivity contribution in [3.05, 3.63) is 66.5 Å². The lowest BCUT2D eigenvalue weighted by atomic mass is 10.2. The van der Waals surface area contributed by atoms with E-state index in [-0.39, 0.29) is 17.8 Å². The largest absolute Gasteiger partial charge is 0.497 e. The maximum Gasteiger partial charge on any atom is 0.230 e. The molecule has 3 aromatic rings. The second-order valence-corrected chi connectivity index (χ2v) is 8.43. The van der Waals surface area contributed by atoms with E-state index < -0.39 is 0 Å². The third kappa shape index (κ3) is 6.09. The third-order valence-electron chi connectivity index (χ3n) is 5.18. The molecule has 1 N–H and O–H groups in total. The van der Waals surface area contributed by atoms with Crippen molar-refractivity contribution in [1.29, 1.82) is 0 Å². The second kappa shape index (κ2) is 11.1. The van der Waals surface area contributed by atoms with Gasteiger partial charge >= 0.3 is 0 Å². The average Bonchev–Trinajstić information content (AvgIpc) is 3.31. The van der Waals surface area contributed by atoms with Crippen LogP contribution in [0.3, 0.4) is 0 Å². The molecule has 2 heterocycles. The molecule has 0 saturated carbocycles. The summed E-state index contributed by atoms with van der Waals surface area (Å²) in [6, 6.07) is 18.0. The van der Waals surface area contributed by atoms with Gasteiger partial charge in [0, 0.05) is 32.2 Å². The van der Waals surface area contributed by atoms with E-state index in [1.165, 1.54) is 17.3 Å². The molecule has 0 aliphatic carbocycles. The number of nitrogens with zero attached hydrogens (tertiary/aromatic N) is 4. The van der Waals surface area contributed by atoms with Crippen LogP contribution >= 0.6 is 11.8 Å². The maximum atomic E-state index is 12.4. The highest BCUT2D eigenvalue weighted by molar-refractivity contribution is 7.99. The summed E-state index contributed by atoms with van der Waals surface area (Å²) in [5.74, 6) is 0.945. The van der Waals surface area contributed by atoms with Gasteiger partial charge in [0.15, 0.2) is 5.16 Å². The lowest BCUT2D eigenvalue weighted by Gasteiger charge is -2.33.